The molecule has 2 saturated heterocycles. The van der Waals surface area contributed by atoms with Crippen molar-refractivity contribution < 1.29 is 9.53 Å². The number of hydrogen-bond acceptors (Lipinski definition) is 3. The molecule has 0 aliphatic carbocycles. The van der Waals surface area contributed by atoms with Gasteiger partial charge in [0.1, 0.15) is 0 Å². The van der Waals surface area contributed by atoms with Gasteiger partial charge in [-0.15, -0.1) is 12.4 Å². The van der Waals surface area contributed by atoms with Crippen LogP contribution < -0.4 is 5.32 Å². The lowest BCUT2D eigenvalue weighted by molar-refractivity contribution is -0.139. The topological polar surface area (TPSA) is 41.6 Å². The zero-order valence-electron chi connectivity index (χ0n) is 8.20. The molecule has 2 aliphatic rings. The fraction of sp³-hybridized carbons (Fsp3) is 0.889. The van der Waals surface area contributed by atoms with Crippen LogP contribution in [-0.2, 0) is 9.53 Å². The van der Waals surface area contributed by atoms with E-state index in [9.17, 15) is 4.79 Å². The van der Waals surface area contributed by atoms with Gasteiger partial charge in [0.05, 0.1) is 19.1 Å². The maximum absolute atomic E-state index is 11.8. The highest BCUT2D eigenvalue weighted by Crippen LogP contribution is 2.12. The van der Waals surface area contributed by atoms with Crippen LogP contribution in [0.15, 0.2) is 0 Å². The number of morpholine rings is 1. The molecule has 0 aromatic rings. The Hall–Kier alpha value is -0.320. The maximum Gasteiger partial charge on any atom is 0.227 e. The van der Waals surface area contributed by atoms with Crippen molar-refractivity contribution in [1.82, 2.24) is 10.2 Å². The van der Waals surface area contributed by atoms with Crippen LogP contribution in [0.5, 0.6) is 0 Å². The normalized spacial score (nSPS) is 27.1. The Bertz CT molecular complexity index is 189. The van der Waals surface area contributed by atoms with Crippen molar-refractivity contribution in [2.45, 2.75) is 6.42 Å². The van der Waals surface area contributed by atoms with Gasteiger partial charge in [0.2, 0.25) is 5.91 Å². The lowest BCUT2D eigenvalue weighted by atomic mass is 10.1. The highest BCUT2D eigenvalue weighted by atomic mass is 35.5. The Morgan fingerprint density at radius 3 is 2.64 bits per heavy atom. The monoisotopic (exact) mass is 220 g/mol. The van der Waals surface area contributed by atoms with E-state index < -0.39 is 0 Å². The molecule has 0 saturated carbocycles. The van der Waals surface area contributed by atoms with Crippen LogP contribution in [0.3, 0.4) is 0 Å². The van der Waals surface area contributed by atoms with E-state index in [0.717, 1.165) is 32.6 Å². The van der Waals surface area contributed by atoms with Crippen LogP contribution in [0.2, 0.25) is 0 Å². The van der Waals surface area contributed by atoms with Crippen LogP contribution in [0.1, 0.15) is 6.42 Å². The molecule has 1 amide bonds. The number of halogens is 1. The van der Waals surface area contributed by atoms with Gasteiger partial charge in [-0.3, -0.25) is 4.79 Å². The molecule has 0 spiro atoms. The molecule has 5 heteroatoms. The van der Waals surface area contributed by atoms with E-state index in [1.165, 1.54) is 0 Å². The van der Waals surface area contributed by atoms with Crippen molar-refractivity contribution in [3.63, 3.8) is 0 Å². The number of amides is 1. The second-order valence-corrected chi connectivity index (χ2v) is 3.63. The summed E-state index contributed by atoms with van der Waals surface area (Å²) in [7, 11) is 0. The largest absolute Gasteiger partial charge is 0.378 e. The van der Waals surface area contributed by atoms with Crippen molar-refractivity contribution in [2.75, 3.05) is 39.4 Å². The molecule has 2 aliphatic heterocycles. The van der Waals surface area contributed by atoms with E-state index in [4.69, 9.17) is 4.74 Å². The van der Waals surface area contributed by atoms with Crippen LogP contribution >= 0.6 is 12.4 Å². The molecule has 0 bridgehead atoms. The summed E-state index contributed by atoms with van der Waals surface area (Å²) in [6.07, 6.45) is 0.996. The second-order valence-electron chi connectivity index (χ2n) is 3.63. The number of hydrogen-bond donors (Lipinski definition) is 1. The van der Waals surface area contributed by atoms with Crippen LogP contribution in [0, 0.1) is 5.92 Å². The first-order valence-corrected chi connectivity index (χ1v) is 4.95. The third-order valence-corrected chi connectivity index (χ3v) is 2.73. The number of carbonyl (C=O) groups excluding carboxylic acids is 1. The minimum atomic E-state index is 0. The van der Waals surface area contributed by atoms with Crippen molar-refractivity contribution in [1.29, 1.82) is 0 Å². The summed E-state index contributed by atoms with van der Waals surface area (Å²) >= 11 is 0. The second kappa shape index (κ2) is 5.53. The van der Waals surface area contributed by atoms with Crippen molar-refractivity contribution in [3.8, 4) is 0 Å². The molecule has 1 atom stereocenters. The molecule has 1 N–H and O–H groups in total. The molecular formula is C9H17ClN2O2. The van der Waals surface area contributed by atoms with E-state index >= 15 is 0 Å². The molecule has 2 rings (SSSR count). The molecule has 14 heavy (non-hydrogen) atoms. The Morgan fingerprint density at radius 1 is 1.36 bits per heavy atom. The summed E-state index contributed by atoms with van der Waals surface area (Å²) in [4.78, 5) is 13.8. The summed E-state index contributed by atoms with van der Waals surface area (Å²) < 4.78 is 5.20. The highest BCUT2D eigenvalue weighted by Gasteiger charge is 2.27. The van der Waals surface area contributed by atoms with E-state index in [0.29, 0.717) is 19.1 Å². The SMILES string of the molecule is Cl.O=C([C@H]1CCNC1)N1CCOCC1. The molecule has 2 heterocycles. The third-order valence-electron chi connectivity index (χ3n) is 2.73. The van der Waals surface area contributed by atoms with Gasteiger partial charge in [0, 0.05) is 19.6 Å². The Morgan fingerprint density at radius 2 is 2.07 bits per heavy atom. The number of carbonyl (C=O) groups is 1. The molecule has 0 unspecified atom stereocenters. The van der Waals surface area contributed by atoms with Gasteiger partial charge >= 0.3 is 0 Å². The molecule has 0 radical (unpaired) electrons. The van der Waals surface area contributed by atoms with E-state index in [2.05, 4.69) is 5.32 Å². The average Bonchev–Trinajstić information content (AvgIpc) is 2.71. The molecular weight excluding hydrogens is 204 g/mol. The first kappa shape index (κ1) is 11.8. The molecule has 0 aromatic heterocycles. The number of nitrogens with one attached hydrogen (secondary N) is 1. The van der Waals surface area contributed by atoms with Crippen LogP contribution in [-0.4, -0.2) is 50.2 Å². The fourth-order valence-electron chi connectivity index (χ4n) is 1.91. The summed E-state index contributed by atoms with van der Waals surface area (Å²) in [6.45, 7) is 4.79. The smallest absolute Gasteiger partial charge is 0.227 e. The molecule has 4 nitrogen and oxygen atoms in total. The summed E-state index contributed by atoms with van der Waals surface area (Å²) in [5.74, 6) is 0.534. The molecule has 0 aromatic carbocycles. The number of nitrogens with zero attached hydrogens (tertiary/aromatic N) is 1. The highest BCUT2D eigenvalue weighted by molar-refractivity contribution is 5.85. The predicted molar refractivity (Wildman–Crippen MR) is 55.6 cm³/mol. The van der Waals surface area contributed by atoms with E-state index in [-0.39, 0.29) is 18.3 Å². The Labute approximate surface area is 90.4 Å². The van der Waals surface area contributed by atoms with Crippen molar-refractivity contribution in [2.24, 2.45) is 5.92 Å². The Kier molecular flexibility index (Phi) is 4.65. The zero-order chi connectivity index (χ0) is 9.10. The summed E-state index contributed by atoms with van der Waals surface area (Å²) in [5.41, 5.74) is 0. The zero-order valence-corrected chi connectivity index (χ0v) is 9.02. The minimum Gasteiger partial charge on any atom is -0.378 e. The maximum atomic E-state index is 11.8. The van der Waals surface area contributed by atoms with Gasteiger partial charge in [-0.05, 0) is 13.0 Å². The van der Waals surface area contributed by atoms with Gasteiger partial charge < -0.3 is 15.0 Å². The van der Waals surface area contributed by atoms with Gasteiger partial charge in [-0.1, -0.05) is 0 Å². The molecule has 2 fully saturated rings. The summed E-state index contributed by atoms with van der Waals surface area (Å²) in [6, 6.07) is 0. The first-order valence-electron chi connectivity index (χ1n) is 4.95. The Balaban J connectivity index is 0.000000980. The lowest BCUT2D eigenvalue weighted by Crippen LogP contribution is -2.44. The minimum absolute atomic E-state index is 0. The number of ether oxygens (including phenoxy) is 1. The standard InChI is InChI=1S/C9H16N2O2.ClH/c12-9(8-1-2-10-7-8)11-3-5-13-6-4-11;/h8,10H,1-7H2;1H/t8-;/m0./s1. The predicted octanol–water partition coefficient (Wildman–Crippen LogP) is -0.124. The molecule has 82 valence electrons. The fourth-order valence-corrected chi connectivity index (χ4v) is 1.91. The quantitative estimate of drug-likeness (QED) is 0.670. The third kappa shape index (κ3) is 2.59. The van der Waals surface area contributed by atoms with Gasteiger partial charge in [-0.2, -0.15) is 0 Å². The van der Waals surface area contributed by atoms with Crippen molar-refractivity contribution >= 4 is 18.3 Å². The lowest BCUT2D eigenvalue weighted by Gasteiger charge is -2.28. The average molecular weight is 221 g/mol. The van der Waals surface area contributed by atoms with E-state index in [1.807, 2.05) is 4.90 Å². The van der Waals surface area contributed by atoms with Crippen molar-refractivity contribution in [3.05, 3.63) is 0 Å². The van der Waals surface area contributed by atoms with Gasteiger partial charge in [-0.25, -0.2) is 0 Å². The van der Waals surface area contributed by atoms with Crippen LogP contribution in [0.4, 0.5) is 0 Å². The number of rotatable bonds is 1. The van der Waals surface area contributed by atoms with Gasteiger partial charge in [0.25, 0.3) is 0 Å². The van der Waals surface area contributed by atoms with Gasteiger partial charge in [0.15, 0.2) is 0 Å². The van der Waals surface area contributed by atoms with E-state index in [1.54, 1.807) is 0 Å². The summed E-state index contributed by atoms with van der Waals surface area (Å²) in [5, 5.41) is 3.21. The first-order chi connectivity index (χ1) is 6.38. The van der Waals surface area contributed by atoms with Crippen LogP contribution in [0.25, 0.3) is 0 Å².